The fourth-order valence-corrected chi connectivity index (χ4v) is 2.49. The summed E-state index contributed by atoms with van der Waals surface area (Å²) < 4.78 is 26.2. The summed E-state index contributed by atoms with van der Waals surface area (Å²) in [6.07, 6.45) is 2.83. The van der Waals surface area contributed by atoms with Crippen molar-refractivity contribution in [1.82, 2.24) is 5.32 Å². The topological polar surface area (TPSA) is 12.0 Å². The minimum Gasteiger partial charge on any atom is -0.313 e. The molecule has 0 heterocycles. The highest BCUT2D eigenvalue weighted by atomic mass is 19.2. The van der Waals surface area contributed by atoms with Gasteiger partial charge in [0.25, 0.3) is 0 Å². The van der Waals surface area contributed by atoms with Gasteiger partial charge in [-0.25, -0.2) is 8.78 Å². The van der Waals surface area contributed by atoms with E-state index in [0.717, 1.165) is 24.0 Å². The third-order valence-corrected chi connectivity index (χ3v) is 3.69. The van der Waals surface area contributed by atoms with Crippen LogP contribution in [0, 0.1) is 11.6 Å². The molecule has 1 unspecified atom stereocenters. The molecule has 0 radical (unpaired) electrons. The maximum atomic E-state index is 13.3. The summed E-state index contributed by atoms with van der Waals surface area (Å²) >= 11 is 0. The number of halogens is 2. The van der Waals surface area contributed by atoms with Gasteiger partial charge >= 0.3 is 0 Å². The average Bonchev–Trinajstić information content (AvgIpc) is 2.50. The van der Waals surface area contributed by atoms with Gasteiger partial charge in [0.2, 0.25) is 0 Å². The van der Waals surface area contributed by atoms with E-state index in [2.05, 4.69) is 36.5 Å². The Bertz CT molecular complexity index is 578. The van der Waals surface area contributed by atoms with Crippen molar-refractivity contribution in [1.29, 1.82) is 0 Å². The monoisotopic (exact) mass is 289 g/mol. The Labute approximate surface area is 125 Å². The maximum absolute atomic E-state index is 13.3. The van der Waals surface area contributed by atoms with Gasteiger partial charge in [0.05, 0.1) is 0 Å². The second-order valence-electron chi connectivity index (χ2n) is 5.29. The summed E-state index contributed by atoms with van der Waals surface area (Å²) in [7, 11) is 1.88. The second-order valence-corrected chi connectivity index (χ2v) is 5.29. The van der Waals surface area contributed by atoms with Crippen LogP contribution in [0.3, 0.4) is 0 Å². The molecule has 0 saturated carbocycles. The third kappa shape index (κ3) is 4.11. The normalized spacial score (nSPS) is 12.4. The largest absolute Gasteiger partial charge is 0.313 e. The minimum atomic E-state index is -0.802. The van der Waals surface area contributed by atoms with E-state index in [1.165, 1.54) is 17.7 Å². The molecule has 0 bridgehead atoms. The molecule has 0 saturated heterocycles. The number of likely N-dealkylation sites (N-methyl/N-ethyl adjacent to an activating group) is 1. The van der Waals surface area contributed by atoms with Crippen LogP contribution in [-0.4, -0.2) is 7.05 Å². The average molecular weight is 289 g/mol. The van der Waals surface area contributed by atoms with Gasteiger partial charge in [-0.05, 0) is 48.7 Å². The Morgan fingerprint density at radius 3 is 2.19 bits per heavy atom. The van der Waals surface area contributed by atoms with E-state index in [1.807, 2.05) is 7.05 Å². The molecule has 112 valence electrons. The van der Waals surface area contributed by atoms with Crippen molar-refractivity contribution >= 4 is 0 Å². The van der Waals surface area contributed by atoms with Crippen molar-refractivity contribution in [3.8, 4) is 0 Å². The van der Waals surface area contributed by atoms with Gasteiger partial charge in [0.15, 0.2) is 11.6 Å². The summed E-state index contributed by atoms with van der Waals surface area (Å²) in [5.41, 5.74) is 3.26. The number of rotatable bonds is 6. The molecule has 3 heteroatoms. The van der Waals surface area contributed by atoms with E-state index in [4.69, 9.17) is 0 Å². The van der Waals surface area contributed by atoms with Crippen molar-refractivity contribution in [3.05, 3.63) is 70.8 Å². The Hall–Kier alpha value is -1.74. The number of nitrogens with one attached hydrogen (secondary N) is 1. The summed E-state index contributed by atoms with van der Waals surface area (Å²) in [4.78, 5) is 0. The van der Waals surface area contributed by atoms with Crippen molar-refractivity contribution in [2.24, 2.45) is 0 Å². The Kier molecular flexibility index (Phi) is 5.45. The molecular weight excluding hydrogens is 268 g/mol. The van der Waals surface area contributed by atoms with Crippen LogP contribution in [-0.2, 0) is 12.8 Å². The number of benzene rings is 2. The quantitative estimate of drug-likeness (QED) is 0.830. The molecule has 0 spiro atoms. The number of hydrogen-bond acceptors (Lipinski definition) is 1. The van der Waals surface area contributed by atoms with Crippen LogP contribution in [0.15, 0.2) is 42.5 Å². The molecule has 1 atom stereocenters. The minimum absolute atomic E-state index is 0.0885. The van der Waals surface area contributed by atoms with E-state index in [9.17, 15) is 8.78 Å². The van der Waals surface area contributed by atoms with Gasteiger partial charge in [0.1, 0.15) is 0 Å². The molecule has 0 amide bonds. The molecule has 21 heavy (non-hydrogen) atoms. The summed E-state index contributed by atoms with van der Waals surface area (Å²) in [6.45, 7) is 2.16. The van der Waals surface area contributed by atoms with E-state index in [1.54, 1.807) is 6.07 Å². The molecule has 1 N–H and O–H groups in total. The first kappa shape index (κ1) is 15.6. The zero-order valence-corrected chi connectivity index (χ0v) is 12.5. The van der Waals surface area contributed by atoms with Crippen LogP contribution in [0.1, 0.15) is 36.1 Å². The second kappa shape index (κ2) is 7.32. The lowest BCUT2D eigenvalue weighted by atomic mass is 9.97. The molecule has 2 aromatic rings. The molecular formula is C18H21F2N. The highest BCUT2D eigenvalue weighted by Crippen LogP contribution is 2.20. The Morgan fingerprint density at radius 2 is 1.62 bits per heavy atom. The molecule has 0 aliphatic carbocycles. The highest BCUT2D eigenvalue weighted by molar-refractivity contribution is 5.28. The van der Waals surface area contributed by atoms with Gasteiger partial charge in [-0.2, -0.15) is 0 Å². The van der Waals surface area contributed by atoms with Crippen LogP contribution in [0.5, 0.6) is 0 Å². The molecule has 0 aliphatic heterocycles. The SMILES string of the molecule is CCCc1ccc(C(Cc2ccc(F)c(F)c2)NC)cc1. The Balaban J connectivity index is 2.13. The van der Waals surface area contributed by atoms with Crippen molar-refractivity contribution in [2.75, 3.05) is 7.05 Å². The first-order valence-electron chi connectivity index (χ1n) is 7.34. The first-order valence-corrected chi connectivity index (χ1v) is 7.34. The van der Waals surface area contributed by atoms with Crippen molar-refractivity contribution in [2.45, 2.75) is 32.2 Å². The van der Waals surface area contributed by atoms with E-state index < -0.39 is 11.6 Å². The van der Waals surface area contributed by atoms with Gasteiger partial charge in [-0.15, -0.1) is 0 Å². The molecule has 2 aromatic carbocycles. The fraction of sp³-hybridized carbons (Fsp3) is 0.333. The fourth-order valence-electron chi connectivity index (χ4n) is 2.49. The Morgan fingerprint density at radius 1 is 0.952 bits per heavy atom. The third-order valence-electron chi connectivity index (χ3n) is 3.69. The van der Waals surface area contributed by atoms with Crippen LogP contribution in [0.4, 0.5) is 8.78 Å². The number of aryl methyl sites for hydroxylation is 1. The van der Waals surface area contributed by atoms with Crippen LogP contribution < -0.4 is 5.32 Å². The molecule has 0 aliphatic rings. The maximum Gasteiger partial charge on any atom is 0.159 e. The van der Waals surface area contributed by atoms with E-state index in [-0.39, 0.29) is 6.04 Å². The van der Waals surface area contributed by atoms with Gasteiger partial charge in [-0.1, -0.05) is 43.7 Å². The summed E-state index contributed by atoms with van der Waals surface area (Å²) in [5.74, 6) is -1.59. The van der Waals surface area contributed by atoms with Crippen molar-refractivity contribution < 1.29 is 8.78 Å². The zero-order chi connectivity index (χ0) is 15.2. The molecule has 2 rings (SSSR count). The predicted octanol–water partition coefficient (Wildman–Crippen LogP) is 4.42. The number of hydrogen-bond donors (Lipinski definition) is 1. The van der Waals surface area contributed by atoms with E-state index >= 15 is 0 Å². The molecule has 0 fully saturated rings. The van der Waals surface area contributed by atoms with Gasteiger partial charge in [-0.3, -0.25) is 0 Å². The van der Waals surface area contributed by atoms with E-state index in [0.29, 0.717) is 6.42 Å². The lowest BCUT2D eigenvalue weighted by Gasteiger charge is -2.17. The molecule has 1 nitrogen and oxygen atoms in total. The smallest absolute Gasteiger partial charge is 0.159 e. The summed E-state index contributed by atoms with van der Waals surface area (Å²) in [6, 6.07) is 12.6. The van der Waals surface area contributed by atoms with Crippen LogP contribution in [0.25, 0.3) is 0 Å². The van der Waals surface area contributed by atoms with Crippen molar-refractivity contribution in [3.63, 3.8) is 0 Å². The molecule has 0 aromatic heterocycles. The predicted molar refractivity (Wildman–Crippen MR) is 82.3 cm³/mol. The van der Waals surface area contributed by atoms with Gasteiger partial charge < -0.3 is 5.32 Å². The van der Waals surface area contributed by atoms with Crippen LogP contribution >= 0.6 is 0 Å². The zero-order valence-electron chi connectivity index (χ0n) is 12.5. The lowest BCUT2D eigenvalue weighted by molar-refractivity contribution is 0.504. The van der Waals surface area contributed by atoms with Crippen LogP contribution in [0.2, 0.25) is 0 Å². The summed E-state index contributed by atoms with van der Waals surface area (Å²) in [5, 5.41) is 3.24. The standard InChI is InChI=1S/C18H21F2N/c1-3-4-13-5-8-15(9-6-13)18(21-2)12-14-7-10-16(19)17(20)11-14/h5-11,18,21H,3-4,12H2,1-2H3. The first-order chi connectivity index (χ1) is 10.1. The van der Waals surface area contributed by atoms with Gasteiger partial charge in [0, 0.05) is 6.04 Å². The lowest BCUT2D eigenvalue weighted by Crippen LogP contribution is -2.19. The highest BCUT2D eigenvalue weighted by Gasteiger charge is 2.11.